The predicted octanol–water partition coefficient (Wildman–Crippen LogP) is 2.22. The van der Waals surface area contributed by atoms with E-state index in [1.54, 1.807) is 37.5 Å². The van der Waals surface area contributed by atoms with Gasteiger partial charge in [0.1, 0.15) is 6.04 Å². The number of amides is 2. The molecule has 3 N–H and O–H groups in total. The van der Waals surface area contributed by atoms with Gasteiger partial charge < -0.3 is 15.7 Å². The summed E-state index contributed by atoms with van der Waals surface area (Å²) in [6.45, 7) is 1.70. The molecular weight excluding hydrogens is 258 g/mol. The lowest BCUT2D eigenvalue weighted by molar-refractivity contribution is -0.139. The molecule has 1 aromatic carbocycles. The van der Waals surface area contributed by atoms with Gasteiger partial charge in [-0.1, -0.05) is 19.1 Å². The first kappa shape index (κ1) is 13.8. The van der Waals surface area contributed by atoms with Gasteiger partial charge in [-0.3, -0.25) is 4.98 Å². The fraction of sp³-hybridized carbons (Fsp3) is 0.214. The Bertz CT molecular complexity index is 637. The molecule has 0 fully saturated rings. The van der Waals surface area contributed by atoms with Gasteiger partial charge in [0.05, 0.1) is 5.69 Å². The molecule has 6 heteroatoms. The molecule has 104 valence electrons. The summed E-state index contributed by atoms with van der Waals surface area (Å²) in [5, 5.41) is 15.7. The van der Waals surface area contributed by atoms with Crippen molar-refractivity contribution in [1.29, 1.82) is 0 Å². The smallest absolute Gasteiger partial charge is 0.326 e. The van der Waals surface area contributed by atoms with Crippen LogP contribution in [0.25, 0.3) is 10.8 Å². The monoisotopic (exact) mass is 273 g/mol. The minimum Gasteiger partial charge on any atom is -0.480 e. The van der Waals surface area contributed by atoms with Gasteiger partial charge in [0.15, 0.2) is 0 Å². The van der Waals surface area contributed by atoms with Crippen molar-refractivity contribution in [3.05, 3.63) is 36.7 Å². The van der Waals surface area contributed by atoms with Crippen LogP contribution in [0, 0.1) is 0 Å². The second-order valence-electron chi connectivity index (χ2n) is 4.30. The lowest BCUT2D eigenvalue weighted by Gasteiger charge is -2.14. The quantitative estimate of drug-likeness (QED) is 0.796. The lowest BCUT2D eigenvalue weighted by Crippen LogP contribution is -2.42. The normalized spacial score (nSPS) is 11.8. The molecular formula is C14H15N3O3. The number of carboxylic acid groups (broad SMARTS) is 1. The van der Waals surface area contributed by atoms with Crippen molar-refractivity contribution in [1.82, 2.24) is 10.3 Å². The number of hydrogen-bond donors (Lipinski definition) is 3. The van der Waals surface area contributed by atoms with E-state index in [4.69, 9.17) is 5.11 Å². The van der Waals surface area contributed by atoms with Gasteiger partial charge in [0, 0.05) is 23.2 Å². The summed E-state index contributed by atoms with van der Waals surface area (Å²) in [6.07, 6.45) is 3.66. The van der Waals surface area contributed by atoms with Crippen LogP contribution < -0.4 is 10.6 Å². The maximum absolute atomic E-state index is 11.8. The van der Waals surface area contributed by atoms with Crippen LogP contribution in [0.15, 0.2) is 36.7 Å². The first-order valence-corrected chi connectivity index (χ1v) is 6.25. The molecule has 0 spiro atoms. The molecule has 6 nitrogen and oxygen atoms in total. The van der Waals surface area contributed by atoms with Crippen molar-refractivity contribution in [2.75, 3.05) is 5.32 Å². The maximum Gasteiger partial charge on any atom is 0.326 e. The van der Waals surface area contributed by atoms with Crippen LogP contribution in [-0.2, 0) is 4.79 Å². The number of rotatable bonds is 4. The first-order chi connectivity index (χ1) is 9.61. The summed E-state index contributed by atoms with van der Waals surface area (Å²) in [7, 11) is 0. The molecule has 0 aliphatic heterocycles. The summed E-state index contributed by atoms with van der Waals surface area (Å²) < 4.78 is 0. The van der Waals surface area contributed by atoms with Gasteiger partial charge in [-0.15, -0.1) is 0 Å². The van der Waals surface area contributed by atoms with Crippen molar-refractivity contribution in [2.45, 2.75) is 19.4 Å². The van der Waals surface area contributed by atoms with Crippen molar-refractivity contribution in [3.8, 4) is 0 Å². The zero-order chi connectivity index (χ0) is 14.5. The van der Waals surface area contributed by atoms with Crippen molar-refractivity contribution < 1.29 is 14.7 Å². The van der Waals surface area contributed by atoms with E-state index in [1.165, 1.54) is 0 Å². The van der Waals surface area contributed by atoms with E-state index in [0.29, 0.717) is 12.1 Å². The van der Waals surface area contributed by atoms with Gasteiger partial charge in [-0.25, -0.2) is 9.59 Å². The Labute approximate surface area is 115 Å². The zero-order valence-corrected chi connectivity index (χ0v) is 11.0. The van der Waals surface area contributed by atoms with Crippen molar-refractivity contribution >= 4 is 28.5 Å². The highest BCUT2D eigenvalue weighted by molar-refractivity contribution is 6.01. The molecule has 2 rings (SSSR count). The van der Waals surface area contributed by atoms with E-state index < -0.39 is 18.0 Å². The van der Waals surface area contributed by atoms with E-state index in [1.807, 2.05) is 6.07 Å². The van der Waals surface area contributed by atoms with Crippen LogP contribution in [0.4, 0.5) is 10.5 Å². The number of pyridine rings is 1. The number of benzene rings is 1. The van der Waals surface area contributed by atoms with E-state index in [2.05, 4.69) is 15.6 Å². The van der Waals surface area contributed by atoms with E-state index >= 15 is 0 Å². The Morgan fingerprint density at radius 2 is 2.15 bits per heavy atom. The molecule has 2 amide bonds. The van der Waals surface area contributed by atoms with Crippen molar-refractivity contribution in [2.24, 2.45) is 0 Å². The van der Waals surface area contributed by atoms with Gasteiger partial charge in [-0.2, -0.15) is 0 Å². The molecule has 20 heavy (non-hydrogen) atoms. The number of nitrogens with one attached hydrogen (secondary N) is 2. The molecule has 1 aromatic heterocycles. The molecule has 0 aliphatic rings. The molecule has 2 aromatic rings. The summed E-state index contributed by atoms with van der Waals surface area (Å²) in [4.78, 5) is 26.7. The Balaban J connectivity index is 2.16. The number of carboxylic acids is 1. The standard InChI is InChI=1S/C14H15N3O3/c1-2-11(13(18)19)16-14(20)17-12-5-3-4-9-8-15-7-6-10(9)12/h3-8,11H,2H2,1H3,(H,18,19)(H2,16,17,20)/t11-/m1/s1. The van der Waals surface area contributed by atoms with E-state index in [0.717, 1.165) is 10.8 Å². The van der Waals surface area contributed by atoms with E-state index in [9.17, 15) is 9.59 Å². The van der Waals surface area contributed by atoms with Gasteiger partial charge >= 0.3 is 12.0 Å². The number of nitrogens with zero attached hydrogens (tertiary/aromatic N) is 1. The molecule has 0 bridgehead atoms. The molecule has 1 heterocycles. The summed E-state index contributed by atoms with van der Waals surface area (Å²) >= 11 is 0. The molecule has 0 saturated carbocycles. The molecule has 0 aliphatic carbocycles. The minimum absolute atomic E-state index is 0.322. The second kappa shape index (κ2) is 6.01. The highest BCUT2D eigenvalue weighted by Gasteiger charge is 2.17. The predicted molar refractivity (Wildman–Crippen MR) is 75.6 cm³/mol. The fourth-order valence-electron chi connectivity index (χ4n) is 1.89. The van der Waals surface area contributed by atoms with Gasteiger partial charge in [-0.05, 0) is 18.6 Å². The summed E-state index contributed by atoms with van der Waals surface area (Å²) in [5.74, 6) is -1.05. The van der Waals surface area contributed by atoms with E-state index in [-0.39, 0.29) is 0 Å². The fourth-order valence-corrected chi connectivity index (χ4v) is 1.89. The Kier molecular flexibility index (Phi) is 4.14. The minimum atomic E-state index is -1.05. The Morgan fingerprint density at radius 3 is 2.85 bits per heavy atom. The number of carbonyl (C=O) groups is 2. The third-order valence-corrected chi connectivity index (χ3v) is 2.94. The van der Waals surface area contributed by atoms with Crippen LogP contribution in [0.5, 0.6) is 0 Å². The topological polar surface area (TPSA) is 91.3 Å². The largest absolute Gasteiger partial charge is 0.480 e. The Morgan fingerprint density at radius 1 is 1.35 bits per heavy atom. The molecule has 0 saturated heterocycles. The average Bonchev–Trinajstić information content (AvgIpc) is 2.45. The van der Waals surface area contributed by atoms with Crippen LogP contribution in [0.3, 0.4) is 0 Å². The number of fused-ring (bicyclic) bond motifs is 1. The lowest BCUT2D eigenvalue weighted by atomic mass is 10.1. The number of hydrogen-bond acceptors (Lipinski definition) is 3. The second-order valence-corrected chi connectivity index (χ2v) is 4.30. The number of anilines is 1. The van der Waals surface area contributed by atoms with Crippen LogP contribution in [0.1, 0.15) is 13.3 Å². The third-order valence-electron chi connectivity index (χ3n) is 2.94. The van der Waals surface area contributed by atoms with Gasteiger partial charge in [0.2, 0.25) is 0 Å². The third kappa shape index (κ3) is 3.03. The summed E-state index contributed by atoms with van der Waals surface area (Å²) in [6, 6.07) is 5.80. The SMILES string of the molecule is CC[C@@H](NC(=O)Nc1cccc2cnccc12)C(=O)O. The number of urea groups is 1. The highest BCUT2D eigenvalue weighted by Crippen LogP contribution is 2.21. The number of aliphatic carboxylic acids is 1. The van der Waals surface area contributed by atoms with Crippen molar-refractivity contribution in [3.63, 3.8) is 0 Å². The van der Waals surface area contributed by atoms with Crippen LogP contribution in [0.2, 0.25) is 0 Å². The zero-order valence-electron chi connectivity index (χ0n) is 11.0. The van der Waals surface area contributed by atoms with Crippen LogP contribution in [-0.4, -0.2) is 28.1 Å². The average molecular weight is 273 g/mol. The molecule has 0 unspecified atom stereocenters. The van der Waals surface area contributed by atoms with Crippen LogP contribution >= 0.6 is 0 Å². The molecule has 0 radical (unpaired) electrons. The molecule has 1 atom stereocenters. The van der Waals surface area contributed by atoms with Gasteiger partial charge in [0.25, 0.3) is 0 Å². The number of aromatic nitrogens is 1. The summed E-state index contributed by atoms with van der Waals surface area (Å²) in [5.41, 5.74) is 0.614. The first-order valence-electron chi connectivity index (χ1n) is 6.25. The Hall–Kier alpha value is -2.63. The maximum atomic E-state index is 11.8. The highest BCUT2D eigenvalue weighted by atomic mass is 16.4. The number of carbonyl (C=O) groups excluding carboxylic acids is 1.